The summed E-state index contributed by atoms with van der Waals surface area (Å²) in [7, 11) is 1.87. The number of nitrogens with zero attached hydrogens (tertiary/aromatic N) is 1. The van der Waals surface area contributed by atoms with Crippen LogP contribution >= 0.6 is 11.3 Å². The van der Waals surface area contributed by atoms with Crippen molar-refractivity contribution in [2.24, 2.45) is 7.05 Å². The summed E-state index contributed by atoms with van der Waals surface area (Å²) in [6.45, 7) is 4.49. The SMILES string of the molecule is Cc1cc(-c2ccc(C(F)(F)F)cc2)sc1C(C)COc1ccc2c(CC(=O)O)cn(C)c2c1. The number of alkyl halides is 3. The first-order valence-corrected chi connectivity index (χ1v) is 11.5. The predicted molar refractivity (Wildman–Crippen MR) is 128 cm³/mol. The van der Waals surface area contributed by atoms with Crippen LogP contribution in [0, 0.1) is 6.92 Å². The van der Waals surface area contributed by atoms with Gasteiger partial charge in [0.15, 0.2) is 0 Å². The van der Waals surface area contributed by atoms with Crippen molar-refractivity contribution in [1.29, 1.82) is 0 Å². The van der Waals surface area contributed by atoms with Crippen LogP contribution in [0.25, 0.3) is 21.3 Å². The maximum Gasteiger partial charge on any atom is 0.416 e. The maximum absolute atomic E-state index is 12.8. The fraction of sp³-hybridized carbons (Fsp3) is 0.269. The summed E-state index contributed by atoms with van der Waals surface area (Å²) < 4.78 is 46.5. The minimum Gasteiger partial charge on any atom is -0.493 e. The number of ether oxygens (including phenoxy) is 1. The van der Waals surface area contributed by atoms with Gasteiger partial charge in [0.05, 0.1) is 24.1 Å². The summed E-state index contributed by atoms with van der Waals surface area (Å²) in [5.74, 6) is -0.0943. The van der Waals surface area contributed by atoms with Crippen LogP contribution in [-0.2, 0) is 24.4 Å². The number of rotatable bonds is 7. The normalized spacial score (nSPS) is 12.8. The molecule has 1 unspecified atom stereocenters. The molecule has 4 nitrogen and oxygen atoms in total. The van der Waals surface area contributed by atoms with E-state index in [0.717, 1.165) is 49.5 Å². The third-order valence-corrected chi connectivity index (χ3v) is 7.30. The second-order valence-corrected chi connectivity index (χ2v) is 9.54. The standard InChI is InChI=1S/C26H24F3NO3S/c1-15-10-23(17-4-6-19(7-5-17)26(27,28)29)34-25(15)16(2)14-33-20-8-9-21-18(11-24(31)32)13-30(3)22(21)12-20/h4-10,12-13,16H,11,14H2,1-3H3,(H,31,32). The Labute approximate surface area is 199 Å². The third kappa shape index (κ3) is 4.97. The number of carboxylic acids is 1. The Morgan fingerprint density at radius 2 is 1.85 bits per heavy atom. The summed E-state index contributed by atoms with van der Waals surface area (Å²) in [6.07, 6.45) is -2.56. The van der Waals surface area contributed by atoms with Gasteiger partial charge in [-0.2, -0.15) is 13.2 Å². The van der Waals surface area contributed by atoms with Crippen LogP contribution in [0.15, 0.2) is 54.7 Å². The van der Waals surface area contributed by atoms with Gasteiger partial charge in [0.1, 0.15) is 5.75 Å². The first-order valence-electron chi connectivity index (χ1n) is 10.7. The average molecular weight is 488 g/mol. The molecule has 0 bridgehead atoms. The Balaban J connectivity index is 1.48. The molecular weight excluding hydrogens is 463 g/mol. The Morgan fingerprint density at radius 3 is 2.50 bits per heavy atom. The Hall–Kier alpha value is -3.26. The lowest BCUT2D eigenvalue weighted by molar-refractivity contribution is -0.138. The van der Waals surface area contributed by atoms with E-state index in [4.69, 9.17) is 9.84 Å². The van der Waals surface area contributed by atoms with E-state index in [0.29, 0.717) is 12.4 Å². The lowest BCUT2D eigenvalue weighted by Gasteiger charge is -2.13. The molecule has 1 atom stereocenters. The summed E-state index contributed by atoms with van der Waals surface area (Å²) in [5, 5.41) is 10.00. The lowest BCUT2D eigenvalue weighted by atomic mass is 10.1. The molecule has 0 saturated heterocycles. The number of fused-ring (bicyclic) bond motifs is 1. The van der Waals surface area contributed by atoms with Gasteiger partial charge in [-0.25, -0.2) is 0 Å². The fourth-order valence-corrected chi connectivity index (χ4v) is 5.31. The third-order valence-electron chi connectivity index (χ3n) is 5.79. The molecule has 178 valence electrons. The molecular formula is C26H24F3NO3S. The molecule has 4 rings (SSSR count). The number of aliphatic carboxylic acids is 1. The molecule has 0 amide bonds. The Bertz CT molecular complexity index is 1340. The molecule has 0 radical (unpaired) electrons. The van der Waals surface area contributed by atoms with Crippen LogP contribution in [0.5, 0.6) is 5.75 Å². The maximum atomic E-state index is 12.8. The second-order valence-electron chi connectivity index (χ2n) is 8.46. The highest BCUT2D eigenvalue weighted by molar-refractivity contribution is 7.15. The van der Waals surface area contributed by atoms with E-state index in [1.165, 1.54) is 12.1 Å². The molecule has 0 saturated carbocycles. The molecule has 34 heavy (non-hydrogen) atoms. The number of halogens is 3. The summed E-state index contributed by atoms with van der Waals surface area (Å²) in [5.41, 5.74) is 2.84. The number of benzene rings is 2. The van der Waals surface area contributed by atoms with Crippen molar-refractivity contribution in [3.8, 4) is 16.2 Å². The number of thiophene rings is 1. The van der Waals surface area contributed by atoms with E-state index in [9.17, 15) is 18.0 Å². The van der Waals surface area contributed by atoms with Crippen LogP contribution in [-0.4, -0.2) is 22.2 Å². The van der Waals surface area contributed by atoms with E-state index < -0.39 is 17.7 Å². The monoisotopic (exact) mass is 487 g/mol. The molecule has 0 aliphatic carbocycles. The minimum atomic E-state index is -4.35. The highest BCUT2D eigenvalue weighted by Crippen LogP contribution is 2.37. The van der Waals surface area contributed by atoms with Gasteiger partial charge in [0.2, 0.25) is 0 Å². The van der Waals surface area contributed by atoms with Crippen molar-refractivity contribution in [2.45, 2.75) is 32.4 Å². The topological polar surface area (TPSA) is 51.5 Å². The summed E-state index contributed by atoms with van der Waals surface area (Å²) in [6, 6.07) is 12.9. The predicted octanol–water partition coefficient (Wildman–Crippen LogP) is 7.04. The van der Waals surface area contributed by atoms with Crippen LogP contribution < -0.4 is 4.74 Å². The van der Waals surface area contributed by atoms with E-state index >= 15 is 0 Å². The summed E-state index contributed by atoms with van der Waals surface area (Å²) >= 11 is 1.56. The van der Waals surface area contributed by atoms with Crippen LogP contribution in [0.3, 0.4) is 0 Å². The molecule has 2 aromatic heterocycles. The van der Waals surface area contributed by atoms with Gasteiger partial charge in [0.25, 0.3) is 0 Å². The van der Waals surface area contributed by atoms with Crippen LogP contribution in [0.4, 0.5) is 13.2 Å². The molecule has 0 aliphatic heterocycles. The molecule has 8 heteroatoms. The van der Waals surface area contributed by atoms with E-state index in [1.54, 1.807) is 11.3 Å². The molecule has 0 aliphatic rings. The van der Waals surface area contributed by atoms with Crippen molar-refractivity contribution in [3.63, 3.8) is 0 Å². The minimum absolute atomic E-state index is 0.0342. The number of carboxylic acid groups (broad SMARTS) is 1. The van der Waals surface area contributed by atoms with Gasteiger partial charge in [-0.05, 0) is 53.9 Å². The molecule has 0 spiro atoms. The smallest absolute Gasteiger partial charge is 0.416 e. The average Bonchev–Trinajstić information content (AvgIpc) is 3.31. The van der Waals surface area contributed by atoms with Gasteiger partial charge in [-0.15, -0.1) is 11.3 Å². The quantitative estimate of drug-likeness (QED) is 0.304. The van der Waals surface area contributed by atoms with E-state index in [1.807, 2.05) is 49.0 Å². The first-order chi connectivity index (χ1) is 16.0. The zero-order chi connectivity index (χ0) is 24.6. The van der Waals surface area contributed by atoms with Crippen molar-refractivity contribution in [2.75, 3.05) is 6.61 Å². The molecule has 0 fully saturated rings. The van der Waals surface area contributed by atoms with Gasteiger partial charge in [-0.3, -0.25) is 4.79 Å². The molecule has 2 heterocycles. The number of carbonyl (C=O) groups is 1. The van der Waals surface area contributed by atoms with Gasteiger partial charge in [0, 0.05) is 40.4 Å². The zero-order valence-electron chi connectivity index (χ0n) is 18.9. The summed E-state index contributed by atoms with van der Waals surface area (Å²) in [4.78, 5) is 13.1. The second kappa shape index (κ2) is 9.18. The fourth-order valence-electron chi connectivity index (χ4n) is 4.09. The number of aryl methyl sites for hydroxylation is 2. The van der Waals surface area contributed by atoms with Crippen molar-refractivity contribution in [1.82, 2.24) is 4.57 Å². The first kappa shape index (κ1) is 23.9. The zero-order valence-corrected chi connectivity index (χ0v) is 19.8. The van der Waals surface area contributed by atoms with E-state index in [2.05, 4.69) is 6.92 Å². The van der Waals surface area contributed by atoms with Crippen molar-refractivity contribution in [3.05, 3.63) is 76.3 Å². The molecule has 4 aromatic rings. The van der Waals surface area contributed by atoms with Crippen LogP contribution in [0.1, 0.15) is 34.4 Å². The van der Waals surface area contributed by atoms with Crippen molar-refractivity contribution >= 4 is 28.2 Å². The Kier molecular flexibility index (Phi) is 6.45. The van der Waals surface area contributed by atoms with Crippen molar-refractivity contribution < 1.29 is 27.8 Å². The molecule has 2 aromatic carbocycles. The van der Waals surface area contributed by atoms with E-state index in [-0.39, 0.29) is 12.3 Å². The van der Waals surface area contributed by atoms with Gasteiger partial charge in [-0.1, -0.05) is 19.1 Å². The van der Waals surface area contributed by atoms with Gasteiger partial charge >= 0.3 is 12.1 Å². The molecule has 1 N–H and O–H groups in total. The number of hydrogen-bond donors (Lipinski definition) is 1. The van der Waals surface area contributed by atoms with Gasteiger partial charge < -0.3 is 14.4 Å². The lowest BCUT2D eigenvalue weighted by Crippen LogP contribution is -2.06. The number of hydrogen-bond acceptors (Lipinski definition) is 3. The highest BCUT2D eigenvalue weighted by Gasteiger charge is 2.30. The number of aromatic nitrogens is 1. The highest BCUT2D eigenvalue weighted by atomic mass is 32.1. The largest absolute Gasteiger partial charge is 0.493 e. The Morgan fingerprint density at radius 1 is 1.15 bits per heavy atom. The van der Waals surface area contributed by atoms with Crippen LogP contribution in [0.2, 0.25) is 0 Å².